The van der Waals surface area contributed by atoms with Gasteiger partial charge in [0.2, 0.25) is 5.91 Å². The molecule has 4 nitrogen and oxygen atoms in total. The minimum atomic E-state index is -0.279. The number of aromatic amines is 1. The molecule has 1 aromatic heterocycles. The van der Waals surface area contributed by atoms with Gasteiger partial charge in [-0.2, -0.15) is 0 Å². The predicted octanol–water partition coefficient (Wildman–Crippen LogP) is 2.86. The highest BCUT2D eigenvalue weighted by Gasteiger charge is 2.29. The SMILES string of the molecule is CC(C)(C)C(=O)N1CCN(Cc2c[nH]c3ccccc23)CC1. The van der Waals surface area contributed by atoms with E-state index in [-0.39, 0.29) is 11.3 Å². The molecule has 4 heteroatoms. The van der Waals surface area contributed by atoms with Crippen LogP contribution in [-0.4, -0.2) is 46.9 Å². The molecule has 2 heterocycles. The fraction of sp³-hybridized carbons (Fsp3) is 0.500. The zero-order valence-electron chi connectivity index (χ0n) is 13.7. The lowest BCUT2D eigenvalue weighted by Gasteiger charge is -2.37. The molecule has 1 fully saturated rings. The third-order valence-corrected chi connectivity index (χ3v) is 4.37. The van der Waals surface area contributed by atoms with Gasteiger partial charge in [0.15, 0.2) is 0 Å². The monoisotopic (exact) mass is 299 g/mol. The number of fused-ring (bicyclic) bond motifs is 1. The van der Waals surface area contributed by atoms with Crippen molar-refractivity contribution in [2.45, 2.75) is 27.3 Å². The van der Waals surface area contributed by atoms with E-state index in [0.29, 0.717) is 0 Å². The average Bonchev–Trinajstić information content (AvgIpc) is 2.90. The van der Waals surface area contributed by atoms with Gasteiger partial charge in [-0.1, -0.05) is 39.0 Å². The molecule has 1 saturated heterocycles. The van der Waals surface area contributed by atoms with Crippen molar-refractivity contribution < 1.29 is 4.79 Å². The van der Waals surface area contributed by atoms with Crippen LogP contribution in [-0.2, 0) is 11.3 Å². The molecule has 0 bridgehead atoms. The van der Waals surface area contributed by atoms with E-state index in [4.69, 9.17) is 0 Å². The van der Waals surface area contributed by atoms with Crippen LogP contribution < -0.4 is 0 Å². The molecule has 1 aromatic carbocycles. The van der Waals surface area contributed by atoms with Gasteiger partial charge in [0.25, 0.3) is 0 Å². The first kappa shape index (κ1) is 15.1. The number of carbonyl (C=O) groups excluding carboxylic acids is 1. The summed E-state index contributed by atoms with van der Waals surface area (Å²) in [4.78, 5) is 20.1. The van der Waals surface area contributed by atoms with Crippen LogP contribution in [0.3, 0.4) is 0 Å². The Labute approximate surface area is 132 Å². The molecule has 3 rings (SSSR count). The van der Waals surface area contributed by atoms with Gasteiger partial charge in [-0.25, -0.2) is 0 Å². The molecular weight excluding hydrogens is 274 g/mol. The summed E-state index contributed by atoms with van der Waals surface area (Å²) in [5, 5.41) is 1.30. The van der Waals surface area contributed by atoms with Crippen molar-refractivity contribution in [3.8, 4) is 0 Å². The van der Waals surface area contributed by atoms with Crippen molar-refractivity contribution >= 4 is 16.8 Å². The Morgan fingerprint density at radius 1 is 1.14 bits per heavy atom. The van der Waals surface area contributed by atoms with Crippen LogP contribution in [0.4, 0.5) is 0 Å². The molecule has 1 amide bonds. The molecule has 1 aliphatic heterocycles. The Kier molecular flexibility index (Phi) is 3.96. The Bertz CT molecular complexity index is 660. The number of para-hydroxylation sites is 1. The molecule has 0 aliphatic carbocycles. The van der Waals surface area contributed by atoms with Crippen LogP contribution in [0.15, 0.2) is 30.5 Å². The highest BCUT2D eigenvalue weighted by atomic mass is 16.2. The minimum Gasteiger partial charge on any atom is -0.361 e. The average molecular weight is 299 g/mol. The summed E-state index contributed by atoms with van der Waals surface area (Å²) in [5.41, 5.74) is 2.25. The Balaban J connectivity index is 1.62. The van der Waals surface area contributed by atoms with Gasteiger partial charge in [0.05, 0.1) is 0 Å². The van der Waals surface area contributed by atoms with Gasteiger partial charge in [0, 0.05) is 55.2 Å². The summed E-state index contributed by atoms with van der Waals surface area (Å²) in [7, 11) is 0. The second-order valence-electron chi connectivity index (χ2n) is 7.18. The number of rotatable bonds is 2. The first-order chi connectivity index (χ1) is 10.4. The maximum absolute atomic E-state index is 12.3. The van der Waals surface area contributed by atoms with Crippen molar-refractivity contribution in [1.82, 2.24) is 14.8 Å². The summed E-state index contributed by atoms with van der Waals surface area (Å²) in [5.74, 6) is 0.263. The van der Waals surface area contributed by atoms with Gasteiger partial charge < -0.3 is 9.88 Å². The van der Waals surface area contributed by atoms with Crippen molar-refractivity contribution in [2.75, 3.05) is 26.2 Å². The van der Waals surface area contributed by atoms with E-state index in [9.17, 15) is 4.79 Å². The second-order valence-corrected chi connectivity index (χ2v) is 7.18. The second kappa shape index (κ2) is 5.76. The largest absolute Gasteiger partial charge is 0.361 e. The van der Waals surface area contributed by atoms with Crippen molar-refractivity contribution in [2.24, 2.45) is 5.41 Å². The lowest BCUT2D eigenvalue weighted by molar-refractivity contribution is -0.141. The summed E-state index contributed by atoms with van der Waals surface area (Å²) >= 11 is 0. The fourth-order valence-corrected chi connectivity index (χ4v) is 3.09. The number of carbonyl (C=O) groups is 1. The van der Waals surface area contributed by atoms with Crippen LogP contribution >= 0.6 is 0 Å². The summed E-state index contributed by atoms with van der Waals surface area (Å²) in [6.07, 6.45) is 2.11. The third kappa shape index (κ3) is 3.02. The lowest BCUT2D eigenvalue weighted by Crippen LogP contribution is -2.51. The number of nitrogens with zero attached hydrogens (tertiary/aromatic N) is 2. The molecule has 0 atom stereocenters. The fourth-order valence-electron chi connectivity index (χ4n) is 3.09. The molecule has 0 unspecified atom stereocenters. The van der Waals surface area contributed by atoms with E-state index in [1.54, 1.807) is 0 Å². The highest BCUT2D eigenvalue weighted by Crippen LogP contribution is 2.22. The van der Waals surface area contributed by atoms with E-state index in [1.807, 2.05) is 25.7 Å². The predicted molar refractivity (Wildman–Crippen MR) is 89.6 cm³/mol. The molecule has 2 aromatic rings. The smallest absolute Gasteiger partial charge is 0.228 e. The standard InChI is InChI=1S/C18H25N3O/c1-18(2,3)17(22)21-10-8-20(9-11-21)13-14-12-19-16-7-5-4-6-15(14)16/h4-7,12,19H,8-11,13H2,1-3H3. The first-order valence-electron chi connectivity index (χ1n) is 8.02. The van der Waals surface area contributed by atoms with E-state index in [0.717, 1.165) is 32.7 Å². The zero-order chi connectivity index (χ0) is 15.7. The molecule has 1 N–H and O–H groups in total. The number of benzene rings is 1. The molecule has 0 spiro atoms. The maximum atomic E-state index is 12.3. The molecule has 1 aliphatic rings. The van der Waals surface area contributed by atoms with Crippen molar-refractivity contribution in [3.05, 3.63) is 36.0 Å². The third-order valence-electron chi connectivity index (χ3n) is 4.37. The number of amides is 1. The minimum absolute atomic E-state index is 0.263. The molecule has 118 valence electrons. The van der Waals surface area contributed by atoms with E-state index in [1.165, 1.54) is 16.5 Å². The van der Waals surface area contributed by atoms with Crippen LogP contribution in [0.1, 0.15) is 26.3 Å². The summed E-state index contributed by atoms with van der Waals surface area (Å²) < 4.78 is 0. The van der Waals surface area contributed by atoms with Gasteiger partial charge in [0.1, 0.15) is 0 Å². The van der Waals surface area contributed by atoms with Crippen LogP contribution in [0.2, 0.25) is 0 Å². The number of piperazine rings is 1. The number of nitrogens with one attached hydrogen (secondary N) is 1. The van der Waals surface area contributed by atoms with Crippen LogP contribution in [0.25, 0.3) is 10.9 Å². The van der Waals surface area contributed by atoms with E-state index in [2.05, 4.69) is 40.3 Å². The van der Waals surface area contributed by atoms with E-state index < -0.39 is 0 Å². The number of aromatic nitrogens is 1. The van der Waals surface area contributed by atoms with Crippen LogP contribution in [0.5, 0.6) is 0 Å². The molecule has 0 radical (unpaired) electrons. The van der Waals surface area contributed by atoms with Crippen molar-refractivity contribution in [3.63, 3.8) is 0 Å². The zero-order valence-corrected chi connectivity index (χ0v) is 13.7. The molecule has 0 saturated carbocycles. The quantitative estimate of drug-likeness (QED) is 0.926. The normalized spacial score (nSPS) is 17.1. The van der Waals surface area contributed by atoms with Gasteiger partial charge in [-0.3, -0.25) is 9.69 Å². The summed E-state index contributed by atoms with van der Waals surface area (Å²) in [6.45, 7) is 10.5. The highest BCUT2D eigenvalue weighted by molar-refractivity contribution is 5.83. The van der Waals surface area contributed by atoms with Crippen LogP contribution in [0, 0.1) is 5.41 Å². The van der Waals surface area contributed by atoms with Gasteiger partial charge in [-0.15, -0.1) is 0 Å². The number of H-pyrrole nitrogens is 1. The number of hydrogen-bond acceptors (Lipinski definition) is 2. The Morgan fingerprint density at radius 2 is 1.82 bits per heavy atom. The van der Waals surface area contributed by atoms with Crippen molar-refractivity contribution in [1.29, 1.82) is 0 Å². The topological polar surface area (TPSA) is 39.3 Å². The van der Waals surface area contributed by atoms with Gasteiger partial charge >= 0.3 is 0 Å². The lowest BCUT2D eigenvalue weighted by atomic mass is 9.94. The molecular formula is C18H25N3O. The molecule has 22 heavy (non-hydrogen) atoms. The first-order valence-corrected chi connectivity index (χ1v) is 8.02. The maximum Gasteiger partial charge on any atom is 0.228 e. The van der Waals surface area contributed by atoms with E-state index >= 15 is 0 Å². The Hall–Kier alpha value is -1.81. The summed E-state index contributed by atoms with van der Waals surface area (Å²) in [6, 6.07) is 8.42. The Morgan fingerprint density at radius 3 is 2.50 bits per heavy atom. The van der Waals surface area contributed by atoms with Gasteiger partial charge in [-0.05, 0) is 11.6 Å². The number of hydrogen-bond donors (Lipinski definition) is 1.